The Kier molecular flexibility index (Phi) is 1.91. The van der Waals surface area contributed by atoms with Crippen molar-refractivity contribution in [2.24, 2.45) is 0 Å². The quantitative estimate of drug-likeness (QED) is 0.642. The highest BCUT2D eigenvalue weighted by molar-refractivity contribution is 5.32. The molecule has 2 unspecified atom stereocenters. The topological polar surface area (TPSA) is 45.5 Å². The summed E-state index contributed by atoms with van der Waals surface area (Å²) in [6, 6.07) is 9.63. The third-order valence-electron chi connectivity index (χ3n) is 2.06. The number of ether oxygens (including phenoxy) is 2. The maximum atomic E-state index is 8.54. The van der Waals surface area contributed by atoms with Crippen LogP contribution in [0.2, 0.25) is 0 Å². The second kappa shape index (κ2) is 3.08. The molecule has 0 radical (unpaired) electrons. The highest BCUT2D eigenvalue weighted by Crippen LogP contribution is 2.38. The van der Waals surface area contributed by atoms with Crippen molar-refractivity contribution in [3.63, 3.8) is 0 Å². The Balaban J connectivity index is 2.12. The minimum atomic E-state index is -0.256. The lowest BCUT2D eigenvalue weighted by atomic mass is 10.1. The Morgan fingerprint density at radius 3 is 2.54 bits per heavy atom. The van der Waals surface area contributed by atoms with Gasteiger partial charge in [-0.2, -0.15) is 5.26 Å². The molecule has 0 saturated carbocycles. The van der Waals surface area contributed by atoms with Gasteiger partial charge in [-0.3, -0.25) is 0 Å². The highest BCUT2D eigenvalue weighted by atomic mass is 16.6. The third-order valence-corrected chi connectivity index (χ3v) is 2.06. The van der Waals surface area contributed by atoms with Crippen LogP contribution in [0.4, 0.5) is 0 Å². The van der Waals surface area contributed by atoms with E-state index in [2.05, 4.69) is 6.07 Å². The van der Waals surface area contributed by atoms with Crippen LogP contribution in [0.5, 0.6) is 5.75 Å². The fourth-order valence-electron chi connectivity index (χ4n) is 1.26. The highest BCUT2D eigenvalue weighted by Gasteiger charge is 2.40. The summed E-state index contributed by atoms with van der Waals surface area (Å²) in [6.45, 7) is 0. The molecule has 0 N–H and O–H groups in total. The zero-order valence-electron chi connectivity index (χ0n) is 7.23. The molecule has 3 heteroatoms. The monoisotopic (exact) mass is 175 g/mol. The number of nitriles is 1. The number of methoxy groups -OCH3 is 1. The van der Waals surface area contributed by atoms with Gasteiger partial charge in [-0.25, -0.2) is 0 Å². The normalized spacial score (nSPS) is 24.9. The first-order valence-electron chi connectivity index (χ1n) is 4.04. The molecule has 2 rings (SSSR count). The molecule has 2 atom stereocenters. The standard InChI is InChI=1S/C10H9NO2/c1-12-8-4-2-7(3-5-8)10-9(6-11)13-10/h2-5,9-10H,1H3. The van der Waals surface area contributed by atoms with Crippen LogP contribution in [-0.4, -0.2) is 13.2 Å². The molecule has 0 bridgehead atoms. The van der Waals surface area contributed by atoms with E-state index in [1.54, 1.807) is 7.11 Å². The molecule has 1 saturated heterocycles. The van der Waals surface area contributed by atoms with E-state index in [0.29, 0.717) is 0 Å². The molecule has 0 aromatic heterocycles. The van der Waals surface area contributed by atoms with Crippen LogP contribution >= 0.6 is 0 Å². The van der Waals surface area contributed by atoms with Crippen molar-refractivity contribution >= 4 is 0 Å². The molecule has 1 aliphatic rings. The predicted molar refractivity (Wildman–Crippen MR) is 46.2 cm³/mol. The largest absolute Gasteiger partial charge is 0.497 e. The smallest absolute Gasteiger partial charge is 0.175 e. The maximum Gasteiger partial charge on any atom is 0.175 e. The lowest BCUT2D eigenvalue weighted by Crippen LogP contribution is -1.86. The summed E-state index contributed by atoms with van der Waals surface area (Å²) in [5, 5.41) is 8.54. The van der Waals surface area contributed by atoms with Gasteiger partial charge in [-0.05, 0) is 17.7 Å². The Bertz CT molecular complexity index is 339. The summed E-state index contributed by atoms with van der Waals surface area (Å²) in [5.41, 5.74) is 1.03. The molecule has 1 aromatic rings. The minimum Gasteiger partial charge on any atom is -0.497 e. The van der Waals surface area contributed by atoms with Gasteiger partial charge < -0.3 is 9.47 Å². The van der Waals surface area contributed by atoms with Crippen molar-refractivity contribution in [1.82, 2.24) is 0 Å². The SMILES string of the molecule is COc1ccc(C2OC2C#N)cc1. The summed E-state index contributed by atoms with van der Waals surface area (Å²) in [4.78, 5) is 0. The summed E-state index contributed by atoms with van der Waals surface area (Å²) in [6.07, 6.45) is -0.288. The second-order valence-electron chi connectivity index (χ2n) is 2.88. The Labute approximate surface area is 76.5 Å². The van der Waals surface area contributed by atoms with E-state index in [9.17, 15) is 0 Å². The second-order valence-corrected chi connectivity index (χ2v) is 2.88. The number of benzene rings is 1. The Morgan fingerprint density at radius 1 is 1.38 bits per heavy atom. The van der Waals surface area contributed by atoms with Crippen LogP contribution in [-0.2, 0) is 4.74 Å². The molecule has 1 fully saturated rings. The van der Waals surface area contributed by atoms with Gasteiger partial charge in [0.2, 0.25) is 0 Å². The first-order valence-corrected chi connectivity index (χ1v) is 4.04. The molecule has 13 heavy (non-hydrogen) atoms. The van der Waals surface area contributed by atoms with Gasteiger partial charge in [0.25, 0.3) is 0 Å². The van der Waals surface area contributed by atoms with Gasteiger partial charge in [0.1, 0.15) is 11.9 Å². The van der Waals surface area contributed by atoms with E-state index < -0.39 is 0 Å². The number of epoxide rings is 1. The van der Waals surface area contributed by atoms with Crippen LogP contribution in [0, 0.1) is 11.3 Å². The molecule has 66 valence electrons. The van der Waals surface area contributed by atoms with E-state index in [0.717, 1.165) is 11.3 Å². The van der Waals surface area contributed by atoms with Gasteiger partial charge in [-0.15, -0.1) is 0 Å². The zero-order valence-corrected chi connectivity index (χ0v) is 7.23. The lowest BCUT2D eigenvalue weighted by molar-refractivity contribution is 0.395. The van der Waals surface area contributed by atoms with Crippen molar-refractivity contribution in [1.29, 1.82) is 5.26 Å². The Morgan fingerprint density at radius 2 is 2.08 bits per heavy atom. The van der Waals surface area contributed by atoms with Crippen molar-refractivity contribution in [2.45, 2.75) is 12.2 Å². The van der Waals surface area contributed by atoms with Crippen LogP contribution < -0.4 is 4.74 Å². The van der Waals surface area contributed by atoms with Crippen molar-refractivity contribution < 1.29 is 9.47 Å². The van der Waals surface area contributed by atoms with Crippen LogP contribution in [0.25, 0.3) is 0 Å². The fourth-order valence-corrected chi connectivity index (χ4v) is 1.26. The Hall–Kier alpha value is -1.53. The van der Waals surface area contributed by atoms with Gasteiger partial charge in [0, 0.05) is 0 Å². The average molecular weight is 175 g/mol. The van der Waals surface area contributed by atoms with Gasteiger partial charge in [0.15, 0.2) is 6.10 Å². The molecule has 1 aliphatic heterocycles. The molecular formula is C10H9NO2. The average Bonchev–Trinajstić information content (AvgIpc) is 2.97. The third kappa shape index (κ3) is 1.49. The van der Waals surface area contributed by atoms with E-state index in [4.69, 9.17) is 14.7 Å². The molecule has 0 aliphatic carbocycles. The fraction of sp³-hybridized carbons (Fsp3) is 0.300. The van der Waals surface area contributed by atoms with E-state index in [1.807, 2.05) is 24.3 Å². The summed E-state index contributed by atoms with van der Waals surface area (Å²) >= 11 is 0. The molecule has 0 spiro atoms. The number of hydrogen-bond donors (Lipinski definition) is 0. The molecule has 0 amide bonds. The van der Waals surface area contributed by atoms with Crippen LogP contribution in [0.15, 0.2) is 24.3 Å². The summed E-state index contributed by atoms with van der Waals surface area (Å²) < 4.78 is 10.1. The van der Waals surface area contributed by atoms with Gasteiger partial charge in [0.05, 0.1) is 13.2 Å². The summed E-state index contributed by atoms with van der Waals surface area (Å²) in [7, 11) is 1.63. The maximum absolute atomic E-state index is 8.54. The van der Waals surface area contributed by atoms with E-state index in [-0.39, 0.29) is 12.2 Å². The summed E-state index contributed by atoms with van der Waals surface area (Å²) in [5.74, 6) is 0.818. The first kappa shape index (κ1) is 8.09. The van der Waals surface area contributed by atoms with Gasteiger partial charge in [-0.1, -0.05) is 12.1 Å². The minimum absolute atomic E-state index is 0.0316. The number of hydrogen-bond acceptors (Lipinski definition) is 3. The lowest BCUT2D eigenvalue weighted by Gasteiger charge is -1.99. The molecule has 3 nitrogen and oxygen atoms in total. The predicted octanol–water partition coefficient (Wildman–Crippen LogP) is 1.66. The number of rotatable bonds is 2. The van der Waals surface area contributed by atoms with E-state index >= 15 is 0 Å². The van der Waals surface area contributed by atoms with E-state index in [1.165, 1.54) is 0 Å². The number of nitrogens with zero attached hydrogens (tertiary/aromatic N) is 1. The van der Waals surface area contributed by atoms with Crippen molar-refractivity contribution in [2.75, 3.05) is 7.11 Å². The van der Waals surface area contributed by atoms with Crippen molar-refractivity contribution in [3.8, 4) is 11.8 Å². The van der Waals surface area contributed by atoms with Gasteiger partial charge >= 0.3 is 0 Å². The molecular weight excluding hydrogens is 166 g/mol. The first-order chi connectivity index (χ1) is 6.35. The van der Waals surface area contributed by atoms with Crippen LogP contribution in [0.1, 0.15) is 11.7 Å². The molecule has 1 heterocycles. The molecule has 1 aromatic carbocycles. The zero-order chi connectivity index (χ0) is 9.26. The van der Waals surface area contributed by atoms with Crippen molar-refractivity contribution in [3.05, 3.63) is 29.8 Å². The van der Waals surface area contributed by atoms with Crippen LogP contribution in [0.3, 0.4) is 0 Å².